The average molecular weight is 418 g/mol. The predicted octanol–water partition coefficient (Wildman–Crippen LogP) is 6.19. The summed E-state index contributed by atoms with van der Waals surface area (Å²) in [6.45, 7) is 1.92. The SMILES string of the molecule is Cc1ccccc1OC(=O)c1cc(-c2ccc(Br)cc2)nc2ccccc12. The number of carbonyl (C=O) groups excluding carboxylic acids is 1. The zero-order chi connectivity index (χ0) is 18.8. The molecule has 0 saturated heterocycles. The van der Waals surface area contributed by atoms with Gasteiger partial charge in [0.25, 0.3) is 0 Å². The minimum absolute atomic E-state index is 0.388. The van der Waals surface area contributed by atoms with Gasteiger partial charge in [0.2, 0.25) is 0 Å². The van der Waals surface area contributed by atoms with Gasteiger partial charge in [-0.25, -0.2) is 9.78 Å². The lowest BCUT2D eigenvalue weighted by Crippen LogP contribution is -2.10. The molecule has 0 unspecified atom stereocenters. The van der Waals surface area contributed by atoms with Crippen LogP contribution in [-0.2, 0) is 0 Å². The molecule has 0 bridgehead atoms. The van der Waals surface area contributed by atoms with Crippen LogP contribution >= 0.6 is 15.9 Å². The first kappa shape index (κ1) is 17.4. The van der Waals surface area contributed by atoms with Crippen molar-refractivity contribution in [3.05, 3.63) is 94.5 Å². The first-order valence-electron chi connectivity index (χ1n) is 8.55. The van der Waals surface area contributed by atoms with E-state index in [1.165, 1.54) is 0 Å². The van der Waals surface area contributed by atoms with Crippen LogP contribution in [0.1, 0.15) is 15.9 Å². The molecule has 4 heteroatoms. The van der Waals surface area contributed by atoms with E-state index < -0.39 is 0 Å². The van der Waals surface area contributed by atoms with E-state index >= 15 is 0 Å². The molecule has 4 rings (SSSR count). The quantitative estimate of drug-likeness (QED) is 0.294. The Kier molecular flexibility index (Phi) is 4.73. The van der Waals surface area contributed by atoms with E-state index in [0.717, 1.165) is 32.2 Å². The summed E-state index contributed by atoms with van der Waals surface area (Å²) < 4.78 is 6.67. The molecule has 0 amide bonds. The number of para-hydroxylation sites is 2. The number of nitrogens with zero attached hydrogens (tertiary/aromatic N) is 1. The van der Waals surface area contributed by atoms with Crippen molar-refractivity contribution in [3.8, 4) is 17.0 Å². The summed E-state index contributed by atoms with van der Waals surface area (Å²) >= 11 is 3.44. The number of benzene rings is 3. The molecule has 1 aromatic heterocycles. The van der Waals surface area contributed by atoms with Gasteiger partial charge in [-0.1, -0.05) is 64.5 Å². The summed E-state index contributed by atoms with van der Waals surface area (Å²) in [5, 5.41) is 0.775. The van der Waals surface area contributed by atoms with E-state index in [1.54, 1.807) is 12.1 Å². The Labute approximate surface area is 165 Å². The molecule has 4 aromatic rings. The van der Waals surface area contributed by atoms with Crippen LogP contribution in [0.15, 0.2) is 83.3 Å². The summed E-state index contributed by atoms with van der Waals surface area (Å²) in [4.78, 5) is 17.7. The molecular formula is C23H16BrNO2. The van der Waals surface area contributed by atoms with E-state index in [0.29, 0.717) is 11.3 Å². The molecule has 3 nitrogen and oxygen atoms in total. The van der Waals surface area contributed by atoms with Gasteiger partial charge in [-0.3, -0.25) is 0 Å². The van der Waals surface area contributed by atoms with Gasteiger partial charge in [0.1, 0.15) is 5.75 Å². The molecule has 3 aromatic carbocycles. The highest BCUT2D eigenvalue weighted by Gasteiger charge is 2.16. The Morgan fingerprint density at radius 3 is 2.41 bits per heavy atom. The minimum atomic E-state index is -0.388. The van der Waals surface area contributed by atoms with Gasteiger partial charge in [0.05, 0.1) is 16.8 Å². The second kappa shape index (κ2) is 7.33. The smallest absolute Gasteiger partial charge is 0.344 e. The van der Waals surface area contributed by atoms with Crippen LogP contribution in [0.3, 0.4) is 0 Å². The maximum absolute atomic E-state index is 13.0. The number of rotatable bonds is 3. The fourth-order valence-corrected chi connectivity index (χ4v) is 3.20. The van der Waals surface area contributed by atoms with Crippen LogP contribution < -0.4 is 4.74 Å². The molecule has 0 N–H and O–H groups in total. The largest absolute Gasteiger partial charge is 0.423 e. The summed E-state index contributed by atoms with van der Waals surface area (Å²) in [6.07, 6.45) is 0. The highest BCUT2D eigenvalue weighted by atomic mass is 79.9. The predicted molar refractivity (Wildman–Crippen MR) is 111 cm³/mol. The van der Waals surface area contributed by atoms with Gasteiger partial charge < -0.3 is 4.74 Å². The number of hydrogen-bond donors (Lipinski definition) is 0. The van der Waals surface area contributed by atoms with Gasteiger partial charge in [-0.05, 0) is 42.8 Å². The van der Waals surface area contributed by atoms with Gasteiger partial charge in [-0.15, -0.1) is 0 Å². The van der Waals surface area contributed by atoms with Crippen molar-refractivity contribution in [1.29, 1.82) is 0 Å². The minimum Gasteiger partial charge on any atom is -0.423 e. The average Bonchev–Trinajstić information content (AvgIpc) is 2.69. The van der Waals surface area contributed by atoms with Crippen molar-refractivity contribution < 1.29 is 9.53 Å². The van der Waals surface area contributed by atoms with Crippen LogP contribution in [0.2, 0.25) is 0 Å². The van der Waals surface area contributed by atoms with Gasteiger partial charge in [0, 0.05) is 15.4 Å². The second-order valence-electron chi connectivity index (χ2n) is 6.23. The first-order chi connectivity index (χ1) is 13.1. The van der Waals surface area contributed by atoms with Crippen LogP contribution in [0.4, 0.5) is 0 Å². The fraction of sp³-hybridized carbons (Fsp3) is 0.0435. The lowest BCUT2D eigenvalue weighted by Gasteiger charge is -2.11. The third kappa shape index (κ3) is 3.62. The number of halogens is 1. The molecular weight excluding hydrogens is 402 g/mol. The van der Waals surface area contributed by atoms with E-state index in [1.807, 2.05) is 73.7 Å². The summed E-state index contributed by atoms with van der Waals surface area (Å²) in [5.74, 6) is 0.176. The maximum atomic E-state index is 13.0. The van der Waals surface area contributed by atoms with Crippen LogP contribution in [0.25, 0.3) is 22.2 Å². The van der Waals surface area contributed by atoms with E-state index in [4.69, 9.17) is 9.72 Å². The summed E-state index contributed by atoms with van der Waals surface area (Å²) in [5.41, 5.74) is 3.85. The number of ether oxygens (including phenoxy) is 1. The van der Waals surface area contributed by atoms with Gasteiger partial charge in [0.15, 0.2) is 0 Å². The van der Waals surface area contributed by atoms with Crippen molar-refractivity contribution in [2.45, 2.75) is 6.92 Å². The Balaban J connectivity index is 1.82. The molecule has 0 fully saturated rings. The molecule has 0 aliphatic heterocycles. The van der Waals surface area contributed by atoms with E-state index in [2.05, 4.69) is 15.9 Å². The lowest BCUT2D eigenvalue weighted by atomic mass is 10.0. The molecule has 0 spiro atoms. The second-order valence-corrected chi connectivity index (χ2v) is 7.15. The molecule has 0 atom stereocenters. The maximum Gasteiger partial charge on any atom is 0.344 e. The van der Waals surface area contributed by atoms with Crippen LogP contribution in [0.5, 0.6) is 5.75 Å². The third-order valence-electron chi connectivity index (χ3n) is 4.37. The Morgan fingerprint density at radius 2 is 1.63 bits per heavy atom. The molecule has 0 aliphatic rings. The monoisotopic (exact) mass is 417 g/mol. The molecule has 1 heterocycles. The Morgan fingerprint density at radius 1 is 0.926 bits per heavy atom. The Bertz CT molecular complexity index is 1140. The molecule has 0 saturated carbocycles. The van der Waals surface area contributed by atoms with Crippen molar-refractivity contribution in [2.75, 3.05) is 0 Å². The van der Waals surface area contributed by atoms with Gasteiger partial charge >= 0.3 is 5.97 Å². The highest BCUT2D eigenvalue weighted by Crippen LogP contribution is 2.27. The standard InChI is InChI=1S/C23H16BrNO2/c1-15-6-2-5-9-22(15)27-23(26)19-14-21(16-10-12-17(24)13-11-16)25-20-8-4-3-7-18(19)20/h2-14H,1H3. The zero-order valence-corrected chi connectivity index (χ0v) is 16.2. The fourth-order valence-electron chi connectivity index (χ4n) is 2.94. The normalized spacial score (nSPS) is 10.7. The third-order valence-corrected chi connectivity index (χ3v) is 4.90. The number of esters is 1. The highest BCUT2D eigenvalue weighted by molar-refractivity contribution is 9.10. The summed E-state index contributed by atoms with van der Waals surface area (Å²) in [6, 6.07) is 24.7. The molecule has 0 aliphatic carbocycles. The topological polar surface area (TPSA) is 39.2 Å². The number of fused-ring (bicyclic) bond motifs is 1. The van der Waals surface area contributed by atoms with Crippen molar-refractivity contribution >= 4 is 32.8 Å². The van der Waals surface area contributed by atoms with Crippen molar-refractivity contribution in [3.63, 3.8) is 0 Å². The van der Waals surface area contributed by atoms with E-state index in [-0.39, 0.29) is 5.97 Å². The van der Waals surface area contributed by atoms with Crippen LogP contribution in [0, 0.1) is 6.92 Å². The van der Waals surface area contributed by atoms with Crippen molar-refractivity contribution in [2.24, 2.45) is 0 Å². The van der Waals surface area contributed by atoms with Crippen LogP contribution in [-0.4, -0.2) is 11.0 Å². The number of hydrogen-bond acceptors (Lipinski definition) is 3. The number of aromatic nitrogens is 1. The lowest BCUT2D eigenvalue weighted by molar-refractivity contribution is 0.0735. The zero-order valence-electron chi connectivity index (χ0n) is 14.6. The molecule has 132 valence electrons. The number of carbonyl (C=O) groups is 1. The first-order valence-corrected chi connectivity index (χ1v) is 9.34. The molecule has 0 radical (unpaired) electrons. The van der Waals surface area contributed by atoms with Crippen molar-refractivity contribution in [1.82, 2.24) is 4.98 Å². The molecule has 27 heavy (non-hydrogen) atoms. The van der Waals surface area contributed by atoms with E-state index in [9.17, 15) is 4.79 Å². The summed E-state index contributed by atoms with van der Waals surface area (Å²) in [7, 11) is 0. The number of pyridine rings is 1. The van der Waals surface area contributed by atoms with Gasteiger partial charge in [-0.2, -0.15) is 0 Å². The Hall–Kier alpha value is -2.98. The number of aryl methyl sites for hydroxylation is 1.